The Balaban J connectivity index is 1.77. The molecule has 2 aromatic carbocycles. The number of benzene rings is 2. The van der Waals surface area contributed by atoms with Gasteiger partial charge in [0.2, 0.25) is 5.95 Å². The molecular weight excluding hydrogens is 438 g/mol. The molecule has 11 nitrogen and oxygen atoms in total. The van der Waals surface area contributed by atoms with Gasteiger partial charge in [0.15, 0.2) is 11.2 Å². The molecule has 0 aliphatic rings. The van der Waals surface area contributed by atoms with Crippen LogP contribution in [0, 0.1) is 10.1 Å². The first-order valence-corrected chi connectivity index (χ1v) is 9.69. The SMILES string of the molecule is Cn1c(=O)[nH]c(=O)c2c1nc(NN=Cc1cccc([N+](=O)[O-])c1)n2Cc1ccccc1Cl. The molecule has 0 atom stereocenters. The quantitative estimate of drug-likeness (QED) is 0.261. The number of nitro groups is 1. The van der Waals surface area contributed by atoms with Gasteiger partial charge in [-0.3, -0.25) is 29.0 Å². The summed E-state index contributed by atoms with van der Waals surface area (Å²) in [5, 5.41) is 15.5. The van der Waals surface area contributed by atoms with Crippen LogP contribution in [0.2, 0.25) is 5.02 Å². The standard InChI is InChI=1S/C20H16ClN7O4/c1-26-17-16(18(29)24-20(26)30)27(11-13-6-2-3-8-15(13)21)19(23-17)25-22-10-12-5-4-7-14(9-12)28(31)32/h2-10H,11H2,1H3,(H,23,25)(H,24,29,30). The van der Waals surface area contributed by atoms with E-state index in [9.17, 15) is 19.7 Å². The second kappa shape index (κ2) is 8.47. The summed E-state index contributed by atoms with van der Waals surface area (Å²) < 4.78 is 2.77. The third kappa shape index (κ3) is 4.01. The van der Waals surface area contributed by atoms with Crippen molar-refractivity contribution in [3.05, 3.63) is 95.6 Å². The lowest BCUT2D eigenvalue weighted by Crippen LogP contribution is -2.29. The molecule has 0 saturated carbocycles. The van der Waals surface area contributed by atoms with Crippen LogP contribution in [0.3, 0.4) is 0 Å². The molecule has 0 radical (unpaired) electrons. The first-order chi connectivity index (χ1) is 15.3. The number of nitrogens with one attached hydrogen (secondary N) is 2. The van der Waals surface area contributed by atoms with Gasteiger partial charge in [0.1, 0.15) is 0 Å². The van der Waals surface area contributed by atoms with Gasteiger partial charge >= 0.3 is 5.69 Å². The van der Waals surface area contributed by atoms with Crippen LogP contribution in [0.25, 0.3) is 11.2 Å². The molecule has 0 saturated heterocycles. The van der Waals surface area contributed by atoms with Gasteiger partial charge in [-0.25, -0.2) is 10.2 Å². The molecule has 2 N–H and O–H groups in total. The highest BCUT2D eigenvalue weighted by atomic mass is 35.5. The van der Waals surface area contributed by atoms with Gasteiger partial charge in [0.05, 0.1) is 17.7 Å². The van der Waals surface area contributed by atoms with Gasteiger partial charge in [-0.2, -0.15) is 10.1 Å². The number of H-pyrrole nitrogens is 1. The Kier molecular flexibility index (Phi) is 5.56. The highest BCUT2D eigenvalue weighted by molar-refractivity contribution is 6.31. The van der Waals surface area contributed by atoms with Crippen molar-refractivity contribution in [2.45, 2.75) is 6.54 Å². The van der Waals surface area contributed by atoms with E-state index in [4.69, 9.17) is 11.6 Å². The smallest absolute Gasteiger partial charge is 0.298 e. The molecular formula is C20H16ClN7O4. The number of imidazole rings is 1. The molecule has 2 heterocycles. The van der Waals surface area contributed by atoms with Gasteiger partial charge in [0, 0.05) is 29.8 Å². The maximum atomic E-state index is 12.6. The summed E-state index contributed by atoms with van der Waals surface area (Å²) in [6, 6.07) is 13.1. The number of aromatic amines is 1. The number of hydrogen-bond donors (Lipinski definition) is 2. The molecule has 0 fully saturated rings. The van der Waals surface area contributed by atoms with E-state index in [0.29, 0.717) is 10.6 Å². The van der Waals surface area contributed by atoms with E-state index < -0.39 is 16.2 Å². The topological polar surface area (TPSA) is 140 Å². The lowest BCUT2D eigenvalue weighted by Gasteiger charge is -2.09. The van der Waals surface area contributed by atoms with Crippen molar-refractivity contribution in [2.75, 3.05) is 5.43 Å². The van der Waals surface area contributed by atoms with Crippen molar-refractivity contribution < 1.29 is 4.92 Å². The van der Waals surface area contributed by atoms with E-state index in [1.165, 1.54) is 30.0 Å². The zero-order chi connectivity index (χ0) is 22.8. The average Bonchev–Trinajstić information content (AvgIpc) is 3.13. The summed E-state index contributed by atoms with van der Waals surface area (Å²) in [7, 11) is 1.49. The maximum Gasteiger partial charge on any atom is 0.329 e. The Morgan fingerprint density at radius 2 is 2.03 bits per heavy atom. The van der Waals surface area contributed by atoms with Crippen LogP contribution in [0.15, 0.2) is 63.2 Å². The number of hydrogen-bond acceptors (Lipinski definition) is 7. The highest BCUT2D eigenvalue weighted by Gasteiger charge is 2.18. The Morgan fingerprint density at radius 1 is 1.25 bits per heavy atom. The number of non-ortho nitro benzene ring substituents is 1. The number of anilines is 1. The van der Waals surface area contributed by atoms with Crippen LogP contribution in [0.4, 0.5) is 11.6 Å². The van der Waals surface area contributed by atoms with Crippen LogP contribution < -0.4 is 16.7 Å². The lowest BCUT2D eigenvalue weighted by atomic mass is 10.2. The molecule has 0 unspecified atom stereocenters. The third-order valence-electron chi connectivity index (χ3n) is 4.75. The number of aryl methyl sites for hydroxylation is 1. The highest BCUT2D eigenvalue weighted by Crippen LogP contribution is 2.22. The van der Waals surface area contributed by atoms with Gasteiger partial charge in [-0.15, -0.1) is 0 Å². The summed E-state index contributed by atoms with van der Waals surface area (Å²) in [5.74, 6) is 0.188. The van der Waals surface area contributed by atoms with Gasteiger partial charge in [0.25, 0.3) is 11.2 Å². The Bertz CT molecular complexity index is 1490. The molecule has 162 valence electrons. The van der Waals surface area contributed by atoms with E-state index in [0.717, 1.165) is 5.56 Å². The summed E-state index contributed by atoms with van der Waals surface area (Å²) in [4.78, 5) is 41.6. The number of halogens is 1. The Hall–Kier alpha value is -4.25. The third-order valence-corrected chi connectivity index (χ3v) is 5.12. The lowest BCUT2D eigenvalue weighted by molar-refractivity contribution is -0.384. The molecule has 12 heteroatoms. The van der Waals surface area contributed by atoms with Gasteiger partial charge < -0.3 is 0 Å². The summed E-state index contributed by atoms with van der Waals surface area (Å²) in [6.07, 6.45) is 1.38. The molecule has 0 aliphatic heterocycles. The first-order valence-electron chi connectivity index (χ1n) is 9.31. The fourth-order valence-electron chi connectivity index (χ4n) is 3.15. The molecule has 4 rings (SSSR count). The van der Waals surface area contributed by atoms with Crippen molar-refractivity contribution in [2.24, 2.45) is 12.1 Å². The van der Waals surface area contributed by atoms with Crippen LogP contribution in [0.5, 0.6) is 0 Å². The predicted octanol–water partition coefficient (Wildman–Crippen LogP) is 2.48. The Morgan fingerprint density at radius 3 is 2.78 bits per heavy atom. The minimum absolute atomic E-state index is 0.0681. The minimum atomic E-state index is -0.600. The summed E-state index contributed by atoms with van der Waals surface area (Å²) >= 11 is 6.29. The van der Waals surface area contributed by atoms with Crippen LogP contribution in [0.1, 0.15) is 11.1 Å². The number of aromatic nitrogens is 4. The van der Waals surface area contributed by atoms with Crippen molar-refractivity contribution >= 4 is 40.6 Å². The molecule has 32 heavy (non-hydrogen) atoms. The van der Waals surface area contributed by atoms with Crippen LogP contribution >= 0.6 is 11.6 Å². The van der Waals surface area contributed by atoms with Crippen molar-refractivity contribution in [1.29, 1.82) is 0 Å². The van der Waals surface area contributed by atoms with E-state index in [2.05, 4.69) is 20.5 Å². The summed E-state index contributed by atoms with van der Waals surface area (Å²) in [6.45, 7) is 0.187. The predicted molar refractivity (Wildman–Crippen MR) is 120 cm³/mol. The number of nitro benzene ring substituents is 1. The van der Waals surface area contributed by atoms with Crippen molar-refractivity contribution in [3.63, 3.8) is 0 Å². The molecule has 0 spiro atoms. The minimum Gasteiger partial charge on any atom is -0.298 e. The summed E-state index contributed by atoms with van der Waals surface area (Å²) in [5.41, 5.74) is 3.04. The van der Waals surface area contributed by atoms with E-state index in [-0.39, 0.29) is 29.3 Å². The zero-order valence-corrected chi connectivity index (χ0v) is 17.4. The molecule has 2 aromatic heterocycles. The van der Waals surface area contributed by atoms with E-state index in [1.54, 1.807) is 34.9 Å². The zero-order valence-electron chi connectivity index (χ0n) is 16.7. The fourth-order valence-corrected chi connectivity index (χ4v) is 3.35. The maximum absolute atomic E-state index is 12.6. The van der Waals surface area contributed by atoms with Gasteiger partial charge in [-0.05, 0) is 11.6 Å². The van der Waals surface area contributed by atoms with Crippen LogP contribution in [-0.2, 0) is 13.6 Å². The molecule has 4 aromatic rings. The van der Waals surface area contributed by atoms with Crippen molar-refractivity contribution in [1.82, 2.24) is 19.1 Å². The molecule has 0 bridgehead atoms. The second-order valence-electron chi connectivity index (χ2n) is 6.83. The average molecular weight is 454 g/mol. The second-order valence-corrected chi connectivity index (χ2v) is 7.23. The van der Waals surface area contributed by atoms with E-state index >= 15 is 0 Å². The number of rotatable bonds is 6. The normalized spacial score (nSPS) is 11.3. The monoisotopic (exact) mass is 453 g/mol. The number of fused-ring (bicyclic) bond motifs is 1. The molecule has 0 aliphatic carbocycles. The van der Waals surface area contributed by atoms with E-state index in [1.807, 2.05) is 6.07 Å². The number of hydrazone groups is 1. The van der Waals surface area contributed by atoms with Crippen LogP contribution in [-0.4, -0.2) is 30.2 Å². The molecule has 0 amide bonds. The largest absolute Gasteiger partial charge is 0.329 e. The number of nitrogens with zero attached hydrogens (tertiary/aromatic N) is 5. The first kappa shape index (κ1) is 21.0. The van der Waals surface area contributed by atoms with Gasteiger partial charge in [-0.1, -0.05) is 41.9 Å². The van der Waals surface area contributed by atoms with Crippen molar-refractivity contribution in [3.8, 4) is 0 Å². The Labute approximate surface area is 184 Å². The fraction of sp³-hybridized carbons (Fsp3) is 0.100.